The fourth-order valence-corrected chi connectivity index (χ4v) is 2.61. The highest BCUT2D eigenvalue weighted by Gasteiger charge is 2.07. The first-order chi connectivity index (χ1) is 10.1. The molecule has 0 aliphatic rings. The van der Waals surface area contributed by atoms with Gasteiger partial charge < -0.3 is 15.4 Å². The van der Waals surface area contributed by atoms with Crippen LogP contribution in [0.4, 0.5) is 5.13 Å². The number of carbonyl (C=O) groups excluding carboxylic acids is 1. The number of rotatable bonds is 6. The molecule has 1 amide bonds. The van der Waals surface area contributed by atoms with Crippen molar-refractivity contribution in [2.45, 2.75) is 6.54 Å². The Kier molecular flexibility index (Phi) is 5.67. The maximum atomic E-state index is 11.7. The normalized spacial score (nSPS) is 10.2. The fraction of sp³-hybridized carbons (Fsp3) is 0.231. The van der Waals surface area contributed by atoms with Crippen LogP contribution >= 0.6 is 34.5 Å². The van der Waals surface area contributed by atoms with Gasteiger partial charge in [0.2, 0.25) is 0 Å². The van der Waals surface area contributed by atoms with Crippen molar-refractivity contribution in [2.75, 3.05) is 19.0 Å². The molecule has 5 nitrogen and oxygen atoms in total. The molecule has 1 heterocycles. The molecule has 8 heteroatoms. The average Bonchev–Trinajstić information content (AvgIpc) is 2.92. The molecular formula is C13H13Cl2N3O2S. The molecule has 0 saturated carbocycles. The van der Waals surface area contributed by atoms with Crippen molar-refractivity contribution < 1.29 is 9.53 Å². The van der Waals surface area contributed by atoms with Crippen LogP contribution in [-0.2, 0) is 11.3 Å². The molecule has 21 heavy (non-hydrogen) atoms. The van der Waals surface area contributed by atoms with Gasteiger partial charge in [-0.2, -0.15) is 0 Å². The minimum absolute atomic E-state index is 0.121. The zero-order chi connectivity index (χ0) is 15.2. The molecule has 1 aromatic heterocycles. The third-order valence-corrected chi connectivity index (χ3v) is 3.92. The molecule has 0 radical (unpaired) electrons. The van der Waals surface area contributed by atoms with Crippen LogP contribution in [-0.4, -0.2) is 24.5 Å². The number of carbonyl (C=O) groups is 1. The van der Waals surface area contributed by atoms with Crippen molar-refractivity contribution in [3.05, 3.63) is 39.3 Å². The standard InChI is InChI=1S/C13H13Cl2N3O2S/c1-16-13-18-9(7-21-13)5-17-12(19)6-20-11-3-2-8(14)4-10(11)15/h2-4,7H,5-6H2,1H3,(H,16,18)(H,17,19). The van der Waals surface area contributed by atoms with Gasteiger partial charge >= 0.3 is 0 Å². The minimum Gasteiger partial charge on any atom is -0.482 e. The molecular weight excluding hydrogens is 333 g/mol. The van der Waals surface area contributed by atoms with E-state index in [1.165, 1.54) is 11.3 Å². The van der Waals surface area contributed by atoms with Gasteiger partial charge in [0.1, 0.15) is 5.75 Å². The summed E-state index contributed by atoms with van der Waals surface area (Å²) in [6, 6.07) is 4.83. The van der Waals surface area contributed by atoms with Crippen LogP contribution in [0.1, 0.15) is 5.69 Å². The number of nitrogens with one attached hydrogen (secondary N) is 2. The third-order valence-electron chi connectivity index (χ3n) is 2.48. The molecule has 0 atom stereocenters. The first-order valence-electron chi connectivity index (χ1n) is 6.05. The second-order valence-corrected chi connectivity index (χ2v) is 5.74. The monoisotopic (exact) mass is 345 g/mol. The molecule has 2 N–H and O–H groups in total. The van der Waals surface area contributed by atoms with E-state index in [4.69, 9.17) is 27.9 Å². The van der Waals surface area contributed by atoms with E-state index in [-0.39, 0.29) is 12.5 Å². The van der Waals surface area contributed by atoms with E-state index in [1.807, 2.05) is 5.38 Å². The summed E-state index contributed by atoms with van der Waals surface area (Å²) in [5, 5.41) is 9.23. The smallest absolute Gasteiger partial charge is 0.258 e. The molecule has 112 valence electrons. The van der Waals surface area contributed by atoms with Crippen molar-refractivity contribution >= 4 is 45.6 Å². The number of hydrogen-bond donors (Lipinski definition) is 2. The van der Waals surface area contributed by atoms with E-state index in [9.17, 15) is 4.79 Å². The maximum absolute atomic E-state index is 11.7. The highest BCUT2D eigenvalue weighted by molar-refractivity contribution is 7.13. The van der Waals surface area contributed by atoms with Gasteiger partial charge in [-0.3, -0.25) is 4.79 Å². The summed E-state index contributed by atoms with van der Waals surface area (Å²) < 4.78 is 5.34. The van der Waals surface area contributed by atoms with E-state index in [2.05, 4.69) is 15.6 Å². The molecule has 2 rings (SSSR count). The van der Waals surface area contributed by atoms with Gasteiger partial charge in [-0.15, -0.1) is 11.3 Å². The number of nitrogens with zero attached hydrogens (tertiary/aromatic N) is 1. The first-order valence-corrected chi connectivity index (χ1v) is 7.68. The molecule has 0 fully saturated rings. The number of benzene rings is 1. The Morgan fingerprint density at radius 1 is 1.43 bits per heavy atom. The van der Waals surface area contributed by atoms with Gasteiger partial charge in [0.05, 0.1) is 17.3 Å². The van der Waals surface area contributed by atoms with E-state index in [0.717, 1.165) is 10.8 Å². The van der Waals surface area contributed by atoms with E-state index in [1.54, 1.807) is 25.2 Å². The van der Waals surface area contributed by atoms with Gasteiger partial charge in [-0.1, -0.05) is 23.2 Å². The zero-order valence-corrected chi connectivity index (χ0v) is 13.5. The van der Waals surface area contributed by atoms with Gasteiger partial charge in [0.15, 0.2) is 11.7 Å². The average molecular weight is 346 g/mol. The zero-order valence-electron chi connectivity index (χ0n) is 11.2. The molecule has 0 aliphatic heterocycles. The van der Waals surface area contributed by atoms with Gasteiger partial charge in [-0.25, -0.2) is 4.98 Å². The predicted octanol–water partition coefficient (Wildman–Crippen LogP) is 3.19. The summed E-state index contributed by atoms with van der Waals surface area (Å²) in [5.74, 6) is 0.169. The fourth-order valence-electron chi connectivity index (χ4n) is 1.48. The topological polar surface area (TPSA) is 63.2 Å². The lowest BCUT2D eigenvalue weighted by atomic mass is 10.3. The molecule has 0 spiro atoms. The van der Waals surface area contributed by atoms with E-state index < -0.39 is 0 Å². The minimum atomic E-state index is -0.250. The number of amides is 1. The summed E-state index contributed by atoms with van der Waals surface area (Å²) in [7, 11) is 1.80. The highest BCUT2D eigenvalue weighted by Crippen LogP contribution is 2.27. The molecule has 2 aromatic rings. The lowest BCUT2D eigenvalue weighted by molar-refractivity contribution is -0.123. The predicted molar refractivity (Wildman–Crippen MR) is 85.5 cm³/mol. The second kappa shape index (κ2) is 7.49. The van der Waals surface area contributed by atoms with Crippen molar-refractivity contribution in [1.82, 2.24) is 10.3 Å². The number of thiazole rings is 1. The van der Waals surface area contributed by atoms with Crippen LogP contribution in [0.25, 0.3) is 0 Å². The molecule has 0 bridgehead atoms. The SMILES string of the molecule is CNc1nc(CNC(=O)COc2ccc(Cl)cc2Cl)cs1. The van der Waals surface area contributed by atoms with Crippen molar-refractivity contribution in [3.63, 3.8) is 0 Å². The summed E-state index contributed by atoms with van der Waals surface area (Å²) >= 11 is 13.2. The van der Waals surface area contributed by atoms with Crippen molar-refractivity contribution in [2.24, 2.45) is 0 Å². The van der Waals surface area contributed by atoms with E-state index in [0.29, 0.717) is 22.3 Å². The summed E-state index contributed by atoms with van der Waals surface area (Å²) in [6.07, 6.45) is 0. The Morgan fingerprint density at radius 2 is 2.24 bits per heavy atom. The van der Waals surface area contributed by atoms with Crippen LogP contribution in [0.3, 0.4) is 0 Å². The van der Waals surface area contributed by atoms with Crippen LogP contribution in [0, 0.1) is 0 Å². The third kappa shape index (κ3) is 4.77. The van der Waals surface area contributed by atoms with Crippen LogP contribution < -0.4 is 15.4 Å². The lowest BCUT2D eigenvalue weighted by Crippen LogP contribution is -2.28. The first kappa shape index (κ1) is 15.9. The quantitative estimate of drug-likeness (QED) is 0.843. The molecule has 0 saturated heterocycles. The van der Waals surface area contributed by atoms with Crippen molar-refractivity contribution in [3.8, 4) is 5.75 Å². The Balaban J connectivity index is 1.79. The number of ether oxygens (including phenoxy) is 1. The maximum Gasteiger partial charge on any atom is 0.258 e. The Labute approximate surface area is 136 Å². The van der Waals surface area contributed by atoms with Crippen LogP contribution in [0.2, 0.25) is 10.0 Å². The number of hydrogen-bond acceptors (Lipinski definition) is 5. The molecule has 0 unspecified atom stereocenters. The van der Waals surface area contributed by atoms with Crippen LogP contribution in [0.15, 0.2) is 23.6 Å². The Morgan fingerprint density at radius 3 is 2.90 bits per heavy atom. The Bertz CT molecular complexity index is 634. The van der Waals surface area contributed by atoms with Gasteiger partial charge in [-0.05, 0) is 18.2 Å². The second-order valence-electron chi connectivity index (χ2n) is 4.03. The number of aromatic nitrogens is 1. The van der Waals surface area contributed by atoms with Crippen LogP contribution in [0.5, 0.6) is 5.75 Å². The number of anilines is 1. The highest BCUT2D eigenvalue weighted by atomic mass is 35.5. The number of halogens is 2. The Hall–Kier alpha value is -1.50. The molecule has 0 aliphatic carbocycles. The van der Waals surface area contributed by atoms with Gasteiger partial charge in [0, 0.05) is 17.5 Å². The van der Waals surface area contributed by atoms with Gasteiger partial charge in [0.25, 0.3) is 5.91 Å². The summed E-state index contributed by atoms with van der Waals surface area (Å²) in [5.41, 5.74) is 0.794. The summed E-state index contributed by atoms with van der Waals surface area (Å²) in [4.78, 5) is 16.0. The summed E-state index contributed by atoms with van der Waals surface area (Å²) in [6.45, 7) is 0.235. The largest absolute Gasteiger partial charge is 0.482 e. The molecule has 1 aromatic carbocycles. The van der Waals surface area contributed by atoms with E-state index >= 15 is 0 Å². The van der Waals surface area contributed by atoms with Crippen molar-refractivity contribution in [1.29, 1.82) is 0 Å². The lowest BCUT2D eigenvalue weighted by Gasteiger charge is -2.08.